The highest BCUT2D eigenvalue weighted by Gasteiger charge is 2.28. The van der Waals surface area contributed by atoms with Crippen molar-refractivity contribution in [3.8, 4) is 10.6 Å². The Morgan fingerprint density at radius 3 is 2.59 bits per heavy atom. The molecule has 0 saturated carbocycles. The fourth-order valence-electron chi connectivity index (χ4n) is 1.80. The van der Waals surface area contributed by atoms with Gasteiger partial charge in [-0.2, -0.15) is 0 Å². The molecule has 17 heavy (non-hydrogen) atoms. The lowest BCUT2D eigenvalue weighted by molar-refractivity contribution is 0.411. The number of thiophene rings is 1. The molecule has 2 heterocycles. The normalized spacial score (nSPS) is 12.0. The smallest absolute Gasteiger partial charge is 0.113 e. The summed E-state index contributed by atoms with van der Waals surface area (Å²) in [6.45, 7) is 6.39. The van der Waals surface area contributed by atoms with Gasteiger partial charge in [-0.25, -0.2) is 4.98 Å². The third-order valence-corrected chi connectivity index (χ3v) is 5.31. The lowest BCUT2D eigenvalue weighted by Crippen LogP contribution is -2.34. The van der Waals surface area contributed by atoms with Gasteiger partial charge in [0.05, 0.1) is 16.1 Å². The van der Waals surface area contributed by atoms with Gasteiger partial charge in [0.1, 0.15) is 5.01 Å². The molecule has 0 aliphatic rings. The van der Waals surface area contributed by atoms with E-state index in [2.05, 4.69) is 38.3 Å². The second-order valence-electron chi connectivity index (χ2n) is 4.26. The third-order valence-electron chi connectivity index (χ3n) is 3.24. The molecular formula is C13H18N2S2. The topological polar surface area (TPSA) is 38.9 Å². The minimum Gasteiger partial charge on any atom is -0.319 e. The molecule has 0 aliphatic heterocycles. The Morgan fingerprint density at radius 2 is 2.06 bits per heavy atom. The molecule has 0 aliphatic carbocycles. The van der Waals surface area contributed by atoms with Gasteiger partial charge in [-0.05, 0) is 31.2 Å². The van der Waals surface area contributed by atoms with Gasteiger partial charge in [0.15, 0.2) is 0 Å². The predicted molar refractivity (Wildman–Crippen MR) is 76.6 cm³/mol. The van der Waals surface area contributed by atoms with Gasteiger partial charge >= 0.3 is 0 Å². The first-order valence-corrected chi connectivity index (χ1v) is 7.61. The van der Waals surface area contributed by atoms with Crippen LogP contribution in [0.4, 0.5) is 0 Å². The molecule has 0 saturated heterocycles. The quantitative estimate of drug-likeness (QED) is 0.902. The fraction of sp³-hybridized carbons (Fsp3) is 0.462. The van der Waals surface area contributed by atoms with E-state index in [1.807, 2.05) is 0 Å². The molecule has 0 aromatic carbocycles. The fourth-order valence-corrected chi connectivity index (χ4v) is 3.81. The highest BCUT2D eigenvalue weighted by Crippen LogP contribution is 2.36. The van der Waals surface area contributed by atoms with Crippen LogP contribution >= 0.6 is 22.7 Å². The monoisotopic (exact) mass is 266 g/mol. The van der Waals surface area contributed by atoms with E-state index in [9.17, 15) is 0 Å². The van der Waals surface area contributed by atoms with Crippen LogP contribution in [-0.2, 0) is 5.54 Å². The average molecular weight is 266 g/mol. The molecule has 2 aromatic rings. The van der Waals surface area contributed by atoms with Crippen LogP contribution in [-0.4, -0.2) is 4.98 Å². The van der Waals surface area contributed by atoms with Gasteiger partial charge < -0.3 is 5.73 Å². The van der Waals surface area contributed by atoms with Crippen LogP contribution < -0.4 is 5.73 Å². The maximum Gasteiger partial charge on any atom is 0.113 e. The van der Waals surface area contributed by atoms with Crippen LogP contribution in [0, 0.1) is 6.92 Å². The number of nitrogens with zero attached hydrogens (tertiary/aromatic N) is 1. The zero-order chi connectivity index (χ0) is 12.5. The molecule has 0 fully saturated rings. The molecule has 2 nitrogen and oxygen atoms in total. The van der Waals surface area contributed by atoms with Crippen LogP contribution in [0.15, 0.2) is 17.5 Å². The van der Waals surface area contributed by atoms with Gasteiger partial charge in [0.2, 0.25) is 0 Å². The highest BCUT2D eigenvalue weighted by molar-refractivity contribution is 7.15. The van der Waals surface area contributed by atoms with Crippen molar-refractivity contribution >= 4 is 22.7 Å². The zero-order valence-electron chi connectivity index (χ0n) is 10.5. The number of aryl methyl sites for hydroxylation is 1. The second kappa shape index (κ2) is 4.88. The Bertz CT molecular complexity index is 481. The lowest BCUT2D eigenvalue weighted by Gasteiger charge is -2.23. The van der Waals surface area contributed by atoms with Crippen molar-refractivity contribution in [1.82, 2.24) is 4.98 Å². The molecule has 0 unspecified atom stereocenters. The Morgan fingerprint density at radius 1 is 1.35 bits per heavy atom. The highest BCUT2D eigenvalue weighted by atomic mass is 32.1. The average Bonchev–Trinajstić information content (AvgIpc) is 2.96. The lowest BCUT2D eigenvalue weighted by atomic mass is 9.95. The van der Waals surface area contributed by atoms with E-state index in [-0.39, 0.29) is 5.54 Å². The van der Waals surface area contributed by atoms with Crippen LogP contribution in [0.2, 0.25) is 0 Å². The van der Waals surface area contributed by atoms with Crippen molar-refractivity contribution in [2.45, 2.75) is 39.2 Å². The zero-order valence-corrected chi connectivity index (χ0v) is 12.1. The molecule has 2 aromatic heterocycles. The maximum absolute atomic E-state index is 6.40. The summed E-state index contributed by atoms with van der Waals surface area (Å²) >= 11 is 3.47. The van der Waals surface area contributed by atoms with Crippen LogP contribution in [0.5, 0.6) is 0 Å². The molecular weight excluding hydrogens is 248 g/mol. The number of nitrogens with two attached hydrogens (primary N) is 1. The largest absolute Gasteiger partial charge is 0.319 e. The van der Waals surface area contributed by atoms with Crippen LogP contribution in [0.1, 0.15) is 36.6 Å². The summed E-state index contributed by atoms with van der Waals surface area (Å²) in [6.07, 6.45) is 1.86. The van der Waals surface area contributed by atoms with Gasteiger partial charge in [0, 0.05) is 4.88 Å². The summed E-state index contributed by atoms with van der Waals surface area (Å²) in [7, 11) is 0. The van der Waals surface area contributed by atoms with E-state index in [0.717, 1.165) is 23.5 Å². The van der Waals surface area contributed by atoms with E-state index in [4.69, 9.17) is 10.7 Å². The second-order valence-corrected chi connectivity index (χ2v) is 6.42. The first-order chi connectivity index (χ1) is 8.10. The number of hydrogen-bond donors (Lipinski definition) is 1. The van der Waals surface area contributed by atoms with Crippen molar-refractivity contribution in [3.05, 3.63) is 27.4 Å². The molecule has 0 radical (unpaired) electrons. The van der Waals surface area contributed by atoms with Gasteiger partial charge in [-0.3, -0.25) is 0 Å². The Kier molecular flexibility index (Phi) is 3.66. The summed E-state index contributed by atoms with van der Waals surface area (Å²) < 4.78 is 0. The van der Waals surface area contributed by atoms with Gasteiger partial charge in [0.25, 0.3) is 0 Å². The number of aromatic nitrogens is 1. The summed E-state index contributed by atoms with van der Waals surface area (Å²) in [6, 6.07) is 4.18. The van der Waals surface area contributed by atoms with E-state index in [1.54, 1.807) is 22.7 Å². The standard InChI is InChI=1S/C13H18N2S2/c1-4-13(14,5-2)12-15-11(9(3)17-12)10-7-6-8-16-10/h6-8H,4-5,14H2,1-3H3. The summed E-state index contributed by atoms with van der Waals surface area (Å²) in [5.74, 6) is 0. The Hall–Kier alpha value is -0.710. The van der Waals surface area contributed by atoms with Gasteiger partial charge in [-0.15, -0.1) is 22.7 Å². The summed E-state index contributed by atoms with van der Waals surface area (Å²) in [5, 5.41) is 3.16. The van der Waals surface area contributed by atoms with E-state index in [1.165, 1.54) is 9.75 Å². The van der Waals surface area contributed by atoms with Crippen LogP contribution in [0.3, 0.4) is 0 Å². The minimum atomic E-state index is -0.259. The molecule has 4 heteroatoms. The summed E-state index contributed by atoms with van der Waals surface area (Å²) in [4.78, 5) is 7.27. The molecule has 0 bridgehead atoms. The first kappa shape index (κ1) is 12.7. The van der Waals surface area contributed by atoms with E-state index in [0.29, 0.717) is 0 Å². The van der Waals surface area contributed by atoms with Crippen molar-refractivity contribution in [1.29, 1.82) is 0 Å². The molecule has 0 amide bonds. The molecule has 2 rings (SSSR count). The van der Waals surface area contributed by atoms with Gasteiger partial charge in [-0.1, -0.05) is 19.9 Å². The van der Waals surface area contributed by atoms with E-state index < -0.39 is 0 Å². The molecule has 0 atom stereocenters. The first-order valence-electron chi connectivity index (χ1n) is 5.91. The number of hydrogen-bond acceptors (Lipinski definition) is 4. The third kappa shape index (κ3) is 2.30. The van der Waals surface area contributed by atoms with Crippen molar-refractivity contribution in [2.24, 2.45) is 5.73 Å². The van der Waals surface area contributed by atoms with Crippen molar-refractivity contribution in [2.75, 3.05) is 0 Å². The molecule has 2 N–H and O–H groups in total. The predicted octanol–water partition coefficient (Wildman–Crippen LogP) is 4.15. The SMILES string of the molecule is CCC(N)(CC)c1nc(-c2cccs2)c(C)s1. The Labute approximate surface area is 111 Å². The number of thiazole rings is 1. The Balaban J connectivity index is 2.44. The van der Waals surface area contributed by atoms with Crippen molar-refractivity contribution < 1.29 is 0 Å². The van der Waals surface area contributed by atoms with E-state index >= 15 is 0 Å². The van der Waals surface area contributed by atoms with Crippen LogP contribution in [0.25, 0.3) is 10.6 Å². The molecule has 0 spiro atoms. The van der Waals surface area contributed by atoms with Crippen molar-refractivity contribution in [3.63, 3.8) is 0 Å². The minimum absolute atomic E-state index is 0.259. The maximum atomic E-state index is 6.40. The molecule has 92 valence electrons. The number of rotatable bonds is 4. The summed E-state index contributed by atoms with van der Waals surface area (Å²) in [5.41, 5.74) is 7.25.